The lowest BCUT2D eigenvalue weighted by molar-refractivity contribution is -0.123. The molecule has 1 aliphatic heterocycles. The predicted octanol–water partition coefficient (Wildman–Crippen LogP) is 0.797. The number of nitrogens with zero attached hydrogens (tertiary/aromatic N) is 4. The number of carbonyl (C=O) groups excluding carboxylic acids is 3. The Morgan fingerprint density at radius 3 is 2.50 bits per heavy atom. The summed E-state index contributed by atoms with van der Waals surface area (Å²) in [6, 6.07) is 12.2. The van der Waals surface area contributed by atoms with Crippen LogP contribution in [0.5, 0.6) is 0 Å². The van der Waals surface area contributed by atoms with Crippen molar-refractivity contribution in [1.29, 1.82) is 0 Å². The summed E-state index contributed by atoms with van der Waals surface area (Å²) in [6.45, 7) is 3.04. The first-order valence-corrected chi connectivity index (χ1v) is 13.7. The van der Waals surface area contributed by atoms with Gasteiger partial charge in [-0.25, -0.2) is 0 Å². The van der Waals surface area contributed by atoms with Crippen LogP contribution >= 0.6 is 0 Å². The van der Waals surface area contributed by atoms with E-state index in [1.807, 2.05) is 49.8 Å². The lowest BCUT2D eigenvalue weighted by atomic mass is 10.0. The molecule has 0 saturated carbocycles. The zero-order valence-corrected chi connectivity index (χ0v) is 23.7. The zero-order chi connectivity index (χ0) is 30.2. The Bertz CT molecular complexity index is 1300. The maximum absolute atomic E-state index is 13.3. The molecular weight excluding hydrogens is 540 g/mol. The van der Waals surface area contributed by atoms with Crippen molar-refractivity contribution >= 4 is 29.9 Å². The number of aromatic nitrogens is 3. The topological polar surface area (TPSA) is 171 Å². The average molecular weight is 579 g/mol. The van der Waals surface area contributed by atoms with Crippen LogP contribution in [0.15, 0.2) is 61.1 Å². The molecular formula is C29H38N8O5. The Morgan fingerprint density at radius 1 is 1.00 bits per heavy atom. The molecule has 0 saturated heterocycles. The Labute approximate surface area is 244 Å². The van der Waals surface area contributed by atoms with Crippen molar-refractivity contribution in [3.8, 4) is 0 Å². The number of hydrogen-bond donors (Lipinski definition) is 5. The van der Waals surface area contributed by atoms with E-state index in [2.05, 4.69) is 36.2 Å². The SMILES string of the molecule is Cn1cc(CN2CCCC(=O)NCCNc3ccnc(c3)C(=O)N[C@@H](Cc3ccccc3)C(=O)NCC2)cn1.O=CO. The molecule has 224 valence electrons. The van der Waals surface area contributed by atoms with Gasteiger partial charge in [-0.3, -0.25) is 33.7 Å². The molecule has 13 nitrogen and oxygen atoms in total. The van der Waals surface area contributed by atoms with Gasteiger partial charge in [0.15, 0.2) is 0 Å². The molecule has 13 heteroatoms. The largest absolute Gasteiger partial charge is 0.483 e. The highest BCUT2D eigenvalue weighted by Gasteiger charge is 2.23. The normalized spacial score (nSPS) is 17.5. The molecule has 1 aliphatic rings. The molecule has 0 unspecified atom stereocenters. The van der Waals surface area contributed by atoms with E-state index in [9.17, 15) is 14.4 Å². The number of anilines is 1. The number of carbonyl (C=O) groups is 4. The van der Waals surface area contributed by atoms with Gasteiger partial charge in [0.1, 0.15) is 11.7 Å². The van der Waals surface area contributed by atoms with E-state index in [0.29, 0.717) is 64.2 Å². The fourth-order valence-electron chi connectivity index (χ4n) is 4.46. The van der Waals surface area contributed by atoms with E-state index in [1.165, 1.54) is 0 Å². The minimum atomic E-state index is -0.769. The summed E-state index contributed by atoms with van der Waals surface area (Å²) in [7, 11) is 1.87. The van der Waals surface area contributed by atoms with Crippen LogP contribution in [0.3, 0.4) is 0 Å². The van der Waals surface area contributed by atoms with Gasteiger partial charge in [0.05, 0.1) is 6.20 Å². The second-order valence-corrected chi connectivity index (χ2v) is 9.72. The highest BCUT2D eigenvalue weighted by Crippen LogP contribution is 2.10. The van der Waals surface area contributed by atoms with E-state index in [4.69, 9.17) is 9.90 Å². The van der Waals surface area contributed by atoms with Gasteiger partial charge in [-0.1, -0.05) is 30.3 Å². The lowest BCUT2D eigenvalue weighted by Crippen LogP contribution is -2.49. The summed E-state index contributed by atoms with van der Waals surface area (Å²) in [5.74, 6) is -0.706. The summed E-state index contributed by atoms with van der Waals surface area (Å²) in [5.41, 5.74) is 2.91. The third-order valence-corrected chi connectivity index (χ3v) is 6.44. The van der Waals surface area contributed by atoms with Gasteiger partial charge in [0.2, 0.25) is 11.8 Å². The van der Waals surface area contributed by atoms with Gasteiger partial charge in [-0.05, 0) is 30.7 Å². The van der Waals surface area contributed by atoms with Crippen LogP contribution in [0.4, 0.5) is 5.69 Å². The minimum Gasteiger partial charge on any atom is -0.483 e. The molecule has 1 aromatic carbocycles. The molecule has 1 atom stereocenters. The van der Waals surface area contributed by atoms with Gasteiger partial charge < -0.3 is 26.4 Å². The monoisotopic (exact) mass is 578 g/mol. The molecule has 0 aliphatic carbocycles. The predicted molar refractivity (Wildman–Crippen MR) is 157 cm³/mol. The van der Waals surface area contributed by atoms with Crippen LogP contribution in [0, 0.1) is 0 Å². The smallest absolute Gasteiger partial charge is 0.290 e. The average Bonchev–Trinajstić information content (AvgIpc) is 3.39. The van der Waals surface area contributed by atoms with Crippen LogP contribution in [0.25, 0.3) is 0 Å². The third-order valence-electron chi connectivity index (χ3n) is 6.44. The van der Waals surface area contributed by atoms with Crippen molar-refractivity contribution < 1.29 is 24.3 Å². The molecule has 42 heavy (non-hydrogen) atoms. The summed E-state index contributed by atoms with van der Waals surface area (Å²) >= 11 is 0. The quantitative estimate of drug-likeness (QED) is 0.281. The number of pyridine rings is 1. The molecule has 4 rings (SSSR count). The fourth-order valence-corrected chi connectivity index (χ4v) is 4.46. The van der Waals surface area contributed by atoms with Crippen molar-refractivity contribution in [2.24, 2.45) is 7.05 Å². The maximum Gasteiger partial charge on any atom is 0.290 e. The summed E-state index contributed by atoms with van der Waals surface area (Å²) in [4.78, 5) is 53.5. The molecule has 2 bridgehead atoms. The standard InChI is InChI=1S/C28H36N8O3.CH2O2/c1-35-19-22(18-33-35)20-36-14-5-8-26(37)31-12-11-29-23-9-10-30-24(17-23)28(39)34-25(27(38)32-13-15-36)16-21-6-3-2-4-7-21;2-1-3/h2-4,6-7,9-10,17-19,25,29H,5,8,11-16,20H2,1H3,(H,31,37)(H,32,38)(H,34,39);1H,(H,2,3)/t25-;/m0./s1. The van der Waals surface area contributed by atoms with Crippen molar-refractivity contribution in [3.63, 3.8) is 0 Å². The van der Waals surface area contributed by atoms with E-state index >= 15 is 0 Å². The zero-order valence-electron chi connectivity index (χ0n) is 23.7. The first-order chi connectivity index (χ1) is 20.4. The molecule has 2 aromatic heterocycles. The van der Waals surface area contributed by atoms with Crippen LogP contribution in [-0.2, 0) is 34.4 Å². The lowest BCUT2D eigenvalue weighted by Gasteiger charge is -2.23. The van der Waals surface area contributed by atoms with E-state index in [1.54, 1.807) is 23.0 Å². The van der Waals surface area contributed by atoms with Gasteiger partial charge >= 0.3 is 0 Å². The molecule has 0 spiro atoms. The van der Waals surface area contributed by atoms with Crippen LogP contribution < -0.4 is 21.3 Å². The van der Waals surface area contributed by atoms with Crippen LogP contribution in [0.1, 0.15) is 34.5 Å². The molecule has 0 radical (unpaired) electrons. The molecule has 0 fully saturated rings. The second kappa shape index (κ2) is 17.1. The molecule has 3 heterocycles. The summed E-state index contributed by atoms with van der Waals surface area (Å²) in [5, 5.41) is 23.1. The van der Waals surface area contributed by atoms with E-state index in [-0.39, 0.29) is 24.0 Å². The Hall–Kier alpha value is -4.78. The third kappa shape index (κ3) is 11.0. The van der Waals surface area contributed by atoms with Gasteiger partial charge in [0.25, 0.3) is 12.4 Å². The van der Waals surface area contributed by atoms with Crippen LogP contribution in [-0.4, -0.2) is 87.7 Å². The molecule has 5 N–H and O–H groups in total. The number of rotatable bonds is 4. The number of carboxylic acid groups (broad SMARTS) is 1. The Kier molecular flexibility index (Phi) is 12.9. The van der Waals surface area contributed by atoms with Gasteiger partial charge in [0, 0.05) is 76.3 Å². The Balaban J connectivity index is 0.00000155. The van der Waals surface area contributed by atoms with Crippen LogP contribution in [0.2, 0.25) is 0 Å². The number of nitrogens with one attached hydrogen (secondary N) is 4. The maximum atomic E-state index is 13.3. The first kappa shape index (κ1) is 31.7. The molecule has 3 amide bonds. The van der Waals surface area contributed by atoms with Crippen molar-refractivity contribution in [2.75, 3.05) is 38.0 Å². The number of aryl methyl sites for hydroxylation is 1. The summed E-state index contributed by atoms with van der Waals surface area (Å²) < 4.78 is 1.75. The first-order valence-electron chi connectivity index (χ1n) is 13.7. The highest BCUT2D eigenvalue weighted by molar-refractivity contribution is 5.96. The summed E-state index contributed by atoms with van der Waals surface area (Å²) in [6.07, 6.45) is 6.77. The van der Waals surface area contributed by atoms with Gasteiger partial charge in [-0.2, -0.15) is 5.10 Å². The fraction of sp³-hybridized carbons (Fsp3) is 0.379. The number of amides is 3. The van der Waals surface area contributed by atoms with Crippen molar-refractivity contribution in [3.05, 3.63) is 77.9 Å². The van der Waals surface area contributed by atoms with Crippen molar-refractivity contribution in [2.45, 2.75) is 31.8 Å². The highest BCUT2D eigenvalue weighted by atomic mass is 16.3. The van der Waals surface area contributed by atoms with E-state index < -0.39 is 11.9 Å². The molecule has 3 aromatic rings. The Morgan fingerprint density at radius 2 is 1.76 bits per heavy atom. The number of benzene rings is 1. The van der Waals surface area contributed by atoms with Crippen molar-refractivity contribution in [1.82, 2.24) is 35.6 Å². The minimum absolute atomic E-state index is 0.0112. The van der Waals surface area contributed by atoms with Gasteiger partial charge in [-0.15, -0.1) is 0 Å². The van der Waals surface area contributed by atoms with E-state index in [0.717, 1.165) is 11.1 Å². The second-order valence-electron chi connectivity index (χ2n) is 9.72. The number of fused-ring (bicyclic) bond motifs is 2. The number of hydrogen-bond acceptors (Lipinski definition) is 8.